The Balaban J connectivity index is 2.15. The maximum Gasteiger partial charge on any atom is 0.295 e. The molecule has 6 heteroatoms. The zero-order valence-corrected chi connectivity index (χ0v) is 19.0. The SMILES string of the molecule is CCCOc1cccc(C2/C(=C(/O)c3ccc(Br)c(C)c3)C(=O)C(=O)N2CCC)c1. The van der Waals surface area contributed by atoms with Crippen LogP contribution in [0.3, 0.4) is 0 Å². The average Bonchev–Trinajstić information content (AvgIpc) is 2.99. The predicted molar refractivity (Wildman–Crippen MR) is 120 cm³/mol. The molecule has 0 aromatic heterocycles. The number of ether oxygens (including phenoxy) is 1. The van der Waals surface area contributed by atoms with E-state index in [-0.39, 0.29) is 11.3 Å². The number of aliphatic hydroxyl groups is 1. The molecule has 1 aliphatic rings. The highest BCUT2D eigenvalue weighted by atomic mass is 79.9. The predicted octanol–water partition coefficient (Wildman–Crippen LogP) is 5.38. The molecule has 2 aromatic rings. The molecule has 1 amide bonds. The maximum atomic E-state index is 12.9. The Hall–Kier alpha value is -2.60. The van der Waals surface area contributed by atoms with Crippen LogP contribution >= 0.6 is 15.9 Å². The van der Waals surface area contributed by atoms with Crippen LogP contribution in [0, 0.1) is 6.92 Å². The van der Waals surface area contributed by atoms with Gasteiger partial charge in [-0.05, 0) is 55.2 Å². The van der Waals surface area contributed by atoms with Gasteiger partial charge >= 0.3 is 0 Å². The number of halogens is 1. The molecule has 0 spiro atoms. The van der Waals surface area contributed by atoms with Crippen molar-refractivity contribution in [2.24, 2.45) is 0 Å². The number of aliphatic hydroxyl groups excluding tert-OH is 1. The van der Waals surface area contributed by atoms with Crippen molar-refractivity contribution in [2.75, 3.05) is 13.2 Å². The van der Waals surface area contributed by atoms with Gasteiger partial charge in [0.05, 0.1) is 18.2 Å². The van der Waals surface area contributed by atoms with Gasteiger partial charge in [0.2, 0.25) is 0 Å². The molecule has 0 bridgehead atoms. The summed E-state index contributed by atoms with van der Waals surface area (Å²) in [7, 11) is 0. The summed E-state index contributed by atoms with van der Waals surface area (Å²) in [4.78, 5) is 27.3. The van der Waals surface area contributed by atoms with Crippen LogP contribution in [-0.2, 0) is 9.59 Å². The molecule has 5 nitrogen and oxygen atoms in total. The van der Waals surface area contributed by atoms with Crippen LogP contribution in [0.4, 0.5) is 0 Å². The Bertz CT molecular complexity index is 998. The lowest BCUT2D eigenvalue weighted by Gasteiger charge is -2.25. The third kappa shape index (κ3) is 4.29. The quantitative estimate of drug-likeness (QED) is 0.334. The number of hydrogen-bond acceptors (Lipinski definition) is 4. The first kappa shape index (κ1) is 22.1. The molecule has 1 unspecified atom stereocenters. The average molecular weight is 472 g/mol. The summed E-state index contributed by atoms with van der Waals surface area (Å²) < 4.78 is 6.65. The van der Waals surface area contributed by atoms with Crippen LogP contribution in [0.1, 0.15) is 49.4 Å². The molecule has 2 aromatic carbocycles. The Kier molecular flexibility index (Phi) is 6.98. The van der Waals surface area contributed by atoms with Crippen LogP contribution in [0.15, 0.2) is 52.5 Å². The number of likely N-dealkylation sites (tertiary alicyclic amines) is 1. The number of rotatable bonds is 7. The van der Waals surface area contributed by atoms with Crippen LogP contribution in [0.25, 0.3) is 5.76 Å². The Morgan fingerprint density at radius 3 is 2.57 bits per heavy atom. The van der Waals surface area contributed by atoms with Gasteiger partial charge in [-0.2, -0.15) is 0 Å². The van der Waals surface area contributed by atoms with Gasteiger partial charge in [0.1, 0.15) is 11.5 Å². The van der Waals surface area contributed by atoms with E-state index >= 15 is 0 Å². The molecule has 158 valence electrons. The summed E-state index contributed by atoms with van der Waals surface area (Å²) in [6.45, 7) is 6.89. The topological polar surface area (TPSA) is 66.8 Å². The number of Topliss-reactive ketones (excluding diaryl/α,β-unsaturated/α-hetero) is 1. The lowest BCUT2D eigenvalue weighted by atomic mass is 9.94. The zero-order chi connectivity index (χ0) is 21.8. The van der Waals surface area contributed by atoms with Gasteiger partial charge in [-0.25, -0.2) is 0 Å². The molecule has 1 atom stereocenters. The van der Waals surface area contributed by atoms with Gasteiger partial charge in [-0.1, -0.05) is 48.0 Å². The molecule has 0 radical (unpaired) electrons. The highest BCUT2D eigenvalue weighted by molar-refractivity contribution is 9.10. The lowest BCUT2D eigenvalue weighted by molar-refractivity contribution is -0.139. The number of ketones is 1. The first-order valence-electron chi connectivity index (χ1n) is 10.2. The molecule has 1 fully saturated rings. The Morgan fingerprint density at radius 2 is 1.90 bits per heavy atom. The fraction of sp³-hybridized carbons (Fsp3) is 0.333. The second-order valence-electron chi connectivity index (χ2n) is 7.38. The second kappa shape index (κ2) is 9.47. The third-order valence-corrected chi connectivity index (χ3v) is 5.97. The molecular weight excluding hydrogens is 446 g/mol. The van der Waals surface area contributed by atoms with Crippen molar-refractivity contribution in [1.82, 2.24) is 4.90 Å². The van der Waals surface area contributed by atoms with Gasteiger partial charge < -0.3 is 14.7 Å². The molecule has 0 aliphatic carbocycles. The van der Waals surface area contributed by atoms with E-state index in [0.717, 1.165) is 22.0 Å². The van der Waals surface area contributed by atoms with Gasteiger partial charge in [0, 0.05) is 16.6 Å². The van der Waals surface area contributed by atoms with Gasteiger partial charge in [0.25, 0.3) is 11.7 Å². The fourth-order valence-electron chi connectivity index (χ4n) is 3.64. The summed E-state index contributed by atoms with van der Waals surface area (Å²) in [5.74, 6) is -0.730. The van der Waals surface area contributed by atoms with Crippen molar-refractivity contribution in [3.8, 4) is 5.75 Å². The highest BCUT2D eigenvalue weighted by Gasteiger charge is 2.45. The van der Waals surface area contributed by atoms with Crippen molar-refractivity contribution in [3.63, 3.8) is 0 Å². The first-order chi connectivity index (χ1) is 14.4. The molecule has 1 heterocycles. The number of carbonyl (C=O) groups is 2. The summed E-state index contributed by atoms with van der Waals surface area (Å²) in [5.41, 5.74) is 2.29. The van der Waals surface area contributed by atoms with E-state index in [1.165, 1.54) is 0 Å². The van der Waals surface area contributed by atoms with E-state index in [2.05, 4.69) is 15.9 Å². The number of benzene rings is 2. The van der Waals surface area contributed by atoms with Crippen LogP contribution in [0.5, 0.6) is 5.75 Å². The molecule has 3 rings (SSSR count). The lowest BCUT2D eigenvalue weighted by Crippen LogP contribution is -2.30. The fourth-order valence-corrected chi connectivity index (χ4v) is 3.89. The Labute approximate surface area is 185 Å². The summed E-state index contributed by atoms with van der Waals surface area (Å²) in [6.07, 6.45) is 1.58. The van der Waals surface area contributed by atoms with E-state index in [0.29, 0.717) is 30.9 Å². The van der Waals surface area contributed by atoms with Gasteiger partial charge in [-0.3, -0.25) is 9.59 Å². The van der Waals surface area contributed by atoms with Crippen molar-refractivity contribution < 1.29 is 19.4 Å². The number of aryl methyl sites for hydroxylation is 1. The number of amides is 1. The molecule has 1 N–H and O–H groups in total. The first-order valence-corrected chi connectivity index (χ1v) is 11.0. The largest absolute Gasteiger partial charge is 0.507 e. The zero-order valence-electron chi connectivity index (χ0n) is 17.4. The van der Waals surface area contributed by atoms with Crippen LogP contribution < -0.4 is 4.74 Å². The minimum atomic E-state index is -0.661. The molecular formula is C24H26BrNO4. The van der Waals surface area contributed by atoms with E-state index in [1.54, 1.807) is 17.0 Å². The number of hydrogen-bond donors (Lipinski definition) is 1. The smallest absolute Gasteiger partial charge is 0.295 e. The van der Waals surface area contributed by atoms with Gasteiger partial charge in [-0.15, -0.1) is 0 Å². The van der Waals surface area contributed by atoms with E-state index in [1.807, 2.05) is 51.1 Å². The summed E-state index contributed by atoms with van der Waals surface area (Å²) in [5, 5.41) is 11.1. The minimum Gasteiger partial charge on any atom is -0.507 e. The molecule has 0 saturated carbocycles. The van der Waals surface area contributed by atoms with Crippen LogP contribution in [-0.4, -0.2) is 34.8 Å². The monoisotopic (exact) mass is 471 g/mol. The summed E-state index contributed by atoms with van der Waals surface area (Å²) >= 11 is 3.45. The van der Waals surface area contributed by atoms with Crippen molar-refractivity contribution >= 4 is 33.4 Å². The standard InChI is InChI=1S/C24H26BrNO4/c1-4-11-26-21(16-7-6-8-18(14-16)30-12-5-2)20(23(28)24(26)29)22(27)17-9-10-19(25)15(3)13-17/h6-10,13-14,21,27H,4-5,11-12H2,1-3H3/b22-20-. The number of nitrogens with zero attached hydrogens (tertiary/aromatic N) is 1. The second-order valence-corrected chi connectivity index (χ2v) is 8.23. The maximum absolute atomic E-state index is 12.9. The van der Waals surface area contributed by atoms with E-state index < -0.39 is 17.7 Å². The third-order valence-electron chi connectivity index (χ3n) is 5.08. The highest BCUT2D eigenvalue weighted by Crippen LogP contribution is 2.40. The molecule has 1 aliphatic heterocycles. The normalized spacial score (nSPS) is 18.1. The number of carbonyl (C=O) groups excluding carboxylic acids is 2. The Morgan fingerprint density at radius 1 is 1.13 bits per heavy atom. The van der Waals surface area contributed by atoms with Crippen molar-refractivity contribution in [1.29, 1.82) is 0 Å². The van der Waals surface area contributed by atoms with E-state index in [9.17, 15) is 14.7 Å². The van der Waals surface area contributed by atoms with Gasteiger partial charge in [0.15, 0.2) is 0 Å². The minimum absolute atomic E-state index is 0.114. The molecule has 1 saturated heterocycles. The van der Waals surface area contributed by atoms with Crippen molar-refractivity contribution in [2.45, 2.75) is 39.7 Å². The van der Waals surface area contributed by atoms with Crippen molar-refractivity contribution in [3.05, 3.63) is 69.2 Å². The summed E-state index contributed by atoms with van der Waals surface area (Å²) in [6, 6.07) is 12.1. The molecule has 30 heavy (non-hydrogen) atoms. The van der Waals surface area contributed by atoms with E-state index in [4.69, 9.17) is 4.74 Å². The van der Waals surface area contributed by atoms with Crippen LogP contribution in [0.2, 0.25) is 0 Å².